The lowest BCUT2D eigenvalue weighted by Crippen LogP contribution is -2.51. The number of fused-ring (bicyclic) bond motifs is 1. The van der Waals surface area contributed by atoms with E-state index in [0.29, 0.717) is 31.9 Å². The van der Waals surface area contributed by atoms with Crippen LogP contribution in [0, 0.1) is 11.8 Å². The molecule has 12 N–H and O–H groups in total. The Labute approximate surface area is 361 Å². The van der Waals surface area contributed by atoms with Gasteiger partial charge in [0.2, 0.25) is 11.8 Å². The highest BCUT2D eigenvalue weighted by Crippen LogP contribution is 2.29. The number of carbonyl (C=O) groups is 7. The molecule has 0 bridgehead atoms. The van der Waals surface area contributed by atoms with E-state index < -0.39 is 110 Å². The van der Waals surface area contributed by atoms with Gasteiger partial charge in [-0.3, -0.25) is 19.2 Å². The molecule has 0 saturated heterocycles. The second-order valence-corrected chi connectivity index (χ2v) is 15.3. The molecule has 63 heavy (non-hydrogen) atoms. The second kappa shape index (κ2) is 26.5. The van der Waals surface area contributed by atoms with Gasteiger partial charge in [0.05, 0.1) is 12.8 Å². The summed E-state index contributed by atoms with van der Waals surface area (Å²) in [5.41, 5.74) is 0.795. The molecule has 0 heterocycles. The zero-order valence-electron chi connectivity index (χ0n) is 34.4. The lowest BCUT2D eigenvalue weighted by atomic mass is 9.81. The first-order valence-corrected chi connectivity index (χ1v) is 20.5. The number of aliphatic hydroxyl groups excluding tert-OH is 4. The van der Waals surface area contributed by atoms with Crippen molar-refractivity contribution in [2.45, 2.75) is 107 Å². The average Bonchev–Trinajstić information content (AvgIpc) is 3.26. The highest BCUT2D eigenvalue weighted by atomic mass is 19.1. The minimum atomic E-state index is -2.26. The third-order valence-electron chi connectivity index (χ3n) is 10.5. The van der Waals surface area contributed by atoms with Crippen molar-refractivity contribution in [3.05, 3.63) is 48.0 Å². The number of carboxylic acid groups (broad SMARTS) is 3. The Morgan fingerprint density at radius 1 is 0.794 bits per heavy atom. The van der Waals surface area contributed by atoms with Crippen LogP contribution in [-0.4, -0.2) is 153 Å². The summed E-state index contributed by atoms with van der Waals surface area (Å²) in [4.78, 5) is 90.5. The van der Waals surface area contributed by atoms with E-state index in [0.717, 1.165) is 16.3 Å². The number of amides is 5. The Morgan fingerprint density at radius 2 is 1.44 bits per heavy atom. The van der Waals surface area contributed by atoms with Gasteiger partial charge in [-0.1, -0.05) is 47.6 Å². The SMILES string of the molecule is O=C(O)CCC(NC(=O)NC(CCCCNC(=O)C(Cc1ccc2ccccc2c1)NC(=O)C1CCC(CNC(=O)CO/N=C\C(F)C(O)C(O)C(O)CO)CC1)C(=O)O)C(=O)O. The molecular formula is C41H57FN6O15. The number of hydrogen-bond donors (Lipinski definition) is 12. The number of halogens is 1. The van der Waals surface area contributed by atoms with E-state index >= 15 is 0 Å². The zero-order chi connectivity index (χ0) is 46.5. The molecule has 1 fully saturated rings. The van der Waals surface area contributed by atoms with Gasteiger partial charge in [0.25, 0.3) is 5.91 Å². The summed E-state index contributed by atoms with van der Waals surface area (Å²) in [6.45, 7) is -1.11. The van der Waals surface area contributed by atoms with Crippen LogP contribution in [0.5, 0.6) is 0 Å². The number of nitrogens with one attached hydrogen (secondary N) is 5. The number of carbonyl (C=O) groups excluding carboxylic acids is 4. The highest BCUT2D eigenvalue weighted by molar-refractivity contribution is 5.89. The monoisotopic (exact) mass is 892 g/mol. The summed E-state index contributed by atoms with van der Waals surface area (Å²) in [5.74, 6) is -5.87. The van der Waals surface area contributed by atoms with Crippen molar-refractivity contribution in [2.75, 3.05) is 26.3 Å². The Morgan fingerprint density at radius 3 is 2.08 bits per heavy atom. The standard InChI is InChI=1S/C41H57FN6O15/c42-28(35(54)36(55)32(50)21-49)20-45-63-22-33(51)44-19-23-8-12-26(13-9-23)37(56)46-31(18-24-10-11-25-5-1-2-6-27(25)17-24)38(57)43-16-4-3-7-29(39(58)59)47-41(62)48-30(40(60)61)14-15-34(52)53/h1-2,5-6,10-11,17,20,23,26,28-32,35-36,49-50,54-55H,3-4,7-9,12-16,18-19,21-22H2,(H,43,57)(H,44,51)(H,46,56)(H,52,53)(H,58,59)(H,60,61)(H2,47,48,62)/b45-20-. The first kappa shape index (κ1) is 51.4. The first-order chi connectivity index (χ1) is 30.0. The van der Waals surface area contributed by atoms with Crippen molar-refractivity contribution >= 4 is 58.6 Å². The highest BCUT2D eigenvalue weighted by Gasteiger charge is 2.32. The van der Waals surface area contributed by atoms with E-state index in [1.165, 1.54) is 0 Å². The lowest BCUT2D eigenvalue weighted by molar-refractivity contribution is -0.141. The number of nitrogens with zero attached hydrogens (tertiary/aromatic N) is 1. The molecular weight excluding hydrogens is 835 g/mol. The molecule has 1 saturated carbocycles. The Balaban J connectivity index is 1.49. The summed E-state index contributed by atoms with van der Waals surface area (Å²) in [7, 11) is 0. The Hall–Kier alpha value is -5.97. The normalized spacial score (nSPS) is 18.4. The summed E-state index contributed by atoms with van der Waals surface area (Å²) < 4.78 is 14.0. The van der Waals surface area contributed by atoms with Crippen LogP contribution >= 0.6 is 0 Å². The number of carboxylic acids is 3. The van der Waals surface area contributed by atoms with Crippen LogP contribution in [0.2, 0.25) is 0 Å². The lowest BCUT2D eigenvalue weighted by Gasteiger charge is -2.29. The van der Waals surface area contributed by atoms with Gasteiger partial charge < -0.3 is 67.2 Å². The van der Waals surface area contributed by atoms with Crippen LogP contribution in [0.15, 0.2) is 47.6 Å². The van der Waals surface area contributed by atoms with Crippen LogP contribution < -0.4 is 26.6 Å². The molecule has 7 unspecified atom stereocenters. The molecule has 0 spiro atoms. The average molecular weight is 893 g/mol. The van der Waals surface area contributed by atoms with Gasteiger partial charge in [-0.25, -0.2) is 18.8 Å². The number of rotatable bonds is 27. The summed E-state index contributed by atoms with van der Waals surface area (Å²) in [6.07, 6.45) is -5.81. The molecule has 0 aromatic heterocycles. The molecule has 348 valence electrons. The maximum absolute atomic E-state index is 14.0. The van der Waals surface area contributed by atoms with Crippen molar-refractivity contribution in [1.82, 2.24) is 26.6 Å². The van der Waals surface area contributed by atoms with E-state index in [2.05, 4.69) is 31.7 Å². The van der Waals surface area contributed by atoms with Crippen LogP contribution in [0.4, 0.5) is 9.18 Å². The van der Waals surface area contributed by atoms with Crippen molar-refractivity contribution in [3.8, 4) is 0 Å². The van der Waals surface area contributed by atoms with Gasteiger partial charge in [0.1, 0.15) is 36.4 Å². The fraction of sp³-hybridized carbons (Fsp3) is 0.561. The van der Waals surface area contributed by atoms with E-state index in [9.17, 15) is 63.5 Å². The van der Waals surface area contributed by atoms with E-state index in [1.54, 1.807) is 0 Å². The molecule has 1 aliphatic rings. The minimum Gasteiger partial charge on any atom is -0.481 e. The van der Waals surface area contributed by atoms with E-state index in [4.69, 9.17) is 15.1 Å². The van der Waals surface area contributed by atoms with Gasteiger partial charge in [0, 0.05) is 31.8 Å². The van der Waals surface area contributed by atoms with Crippen molar-refractivity contribution < 1.29 is 78.5 Å². The molecule has 21 nitrogen and oxygen atoms in total. The molecule has 5 amide bonds. The summed E-state index contributed by atoms with van der Waals surface area (Å²) in [6, 6.07) is 8.36. The summed E-state index contributed by atoms with van der Waals surface area (Å²) >= 11 is 0. The molecule has 1 aliphatic carbocycles. The number of hydrogen-bond acceptors (Lipinski definition) is 13. The first-order valence-electron chi connectivity index (χ1n) is 20.5. The maximum atomic E-state index is 14.0. The smallest absolute Gasteiger partial charge is 0.326 e. The Kier molecular flexibility index (Phi) is 21.6. The number of unbranched alkanes of at least 4 members (excludes halogenated alkanes) is 1. The topological polar surface area (TPSA) is 343 Å². The Bertz CT molecular complexity index is 1880. The second-order valence-electron chi connectivity index (χ2n) is 15.3. The molecule has 0 aliphatic heterocycles. The number of oxime groups is 1. The molecule has 22 heteroatoms. The number of aliphatic hydroxyl groups is 4. The third-order valence-corrected chi connectivity index (χ3v) is 10.5. The number of urea groups is 1. The fourth-order valence-electron chi connectivity index (χ4n) is 6.80. The van der Waals surface area contributed by atoms with Gasteiger partial charge >= 0.3 is 23.9 Å². The maximum Gasteiger partial charge on any atom is 0.326 e. The molecule has 7 atom stereocenters. The largest absolute Gasteiger partial charge is 0.481 e. The van der Waals surface area contributed by atoms with E-state index in [-0.39, 0.29) is 50.6 Å². The molecule has 0 radical (unpaired) electrons. The quantitative estimate of drug-likeness (QED) is 0.0307. The van der Waals surface area contributed by atoms with Crippen LogP contribution in [-0.2, 0) is 40.0 Å². The number of aliphatic carboxylic acids is 3. The van der Waals surface area contributed by atoms with Crippen molar-refractivity contribution in [2.24, 2.45) is 17.0 Å². The van der Waals surface area contributed by atoms with Crippen LogP contribution in [0.3, 0.4) is 0 Å². The molecule has 3 rings (SSSR count). The van der Waals surface area contributed by atoms with E-state index in [1.807, 2.05) is 42.5 Å². The van der Waals surface area contributed by atoms with Crippen LogP contribution in [0.25, 0.3) is 10.8 Å². The predicted octanol–water partition coefficient (Wildman–Crippen LogP) is -0.438. The predicted molar refractivity (Wildman–Crippen MR) is 221 cm³/mol. The van der Waals surface area contributed by atoms with Crippen molar-refractivity contribution in [3.63, 3.8) is 0 Å². The number of alkyl halides is 1. The fourth-order valence-corrected chi connectivity index (χ4v) is 6.80. The molecule has 2 aromatic rings. The van der Waals surface area contributed by atoms with Crippen LogP contribution in [0.1, 0.15) is 63.4 Å². The minimum absolute atomic E-state index is 0.0267. The number of benzene rings is 2. The zero-order valence-corrected chi connectivity index (χ0v) is 34.4. The third kappa shape index (κ3) is 18.1. The van der Waals surface area contributed by atoms with Gasteiger partial charge in [0.15, 0.2) is 12.8 Å². The van der Waals surface area contributed by atoms with Crippen molar-refractivity contribution in [1.29, 1.82) is 0 Å². The van der Waals surface area contributed by atoms with Gasteiger partial charge in [-0.2, -0.15) is 0 Å². The van der Waals surface area contributed by atoms with Gasteiger partial charge in [-0.15, -0.1) is 0 Å². The molecule has 2 aromatic carbocycles. The summed E-state index contributed by atoms with van der Waals surface area (Å²) in [5, 5.41) is 82.9. The van der Waals surface area contributed by atoms with Gasteiger partial charge in [-0.05, 0) is 73.6 Å².